The fourth-order valence-electron chi connectivity index (χ4n) is 2.08. The first-order valence-corrected chi connectivity index (χ1v) is 14.9. The van der Waals surface area contributed by atoms with E-state index in [-0.39, 0.29) is 0 Å². The summed E-state index contributed by atoms with van der Waals surface area (Å²) in [5.41, 5.74) is 1.86. The molecular weight excluding hydrogens is 332 g/mol. The predicted molar refractivity (Wildman–Crippen MR) is 104 cm³/mol. The van der Waals surface area contributed by atoms with Crippen molar-refractivity contribution in [1.29, 1.82) is 0 Å². The molecule has 0 aliphatic rings. The Morgan fingerprint density at radius 1 is 0.708 bits per heavy atom. The van der Waals surface area contributed by atoms with Crippen LogP contribution in [0.3, 0.4) is 0 Å². The first-order chi connectivity index (χ1) is 11.2. The van der Waals surface area contributed by atoms with Crippen molar-refractivity contribution < 1.29 is 8.85 Å². The van der Waals surface area contributed by atoms with Crippen LogP contribution in [0.2, 0.25) is 39.3 Å². The molecule has 128 valence electrons. The zero-order chi connectivity index (χ0) is 17.8. The summed E-state index contributed by atoms with van der Waals surface area (Å²) in [5.74, 6) is 1.52. The van der Waals surface area contributed by atoms with Gasteiger partial charge in [-0.15, -0.1) is 0 Å². The van der Waals surface area contributed by atoms with Gasteiger partial charge in [0.1, 0.15) is 0 Å². The quantitative estimate of drug-likeness (QED) is 0.538. The zero-order valence-corrected chi connectivity index (χ0v) is 17.3. The van der Waals surface area contributed by atoms with Gasteiger partial charge in [0.2, 0.25) is 16.6 Å². The van der Waals surface area contributed by atoms with Gasteiger partial charge >= 0.3 is 0 Å². The Bertz CT molecular complexity index is 629. The molecule has 0 bridgehead atoms. The second-order valence-corrected chi connectivity index (χ2v) is 16.4. The molecule has 0 spiro atoms. The van der Waals surface area contributed by atoms with Crippen LogP contribution >= 0.6 is 0 Å². The predicted octanol–water partition coefficient (Wildman–Crippen LogP) is 5.01. The van der Waals surface area contributed by atoms with Crippen LogP contribution in [0.15, 0.2) is 49.1 Å². The van der Waals surface area contributed by atoms with Crippen LogP contribution < -0.4 is 0 Å². The summed E-state index contributed by atoms with van der Waals surface area (Å²) in [6.07, 6.45) is 7.16. The fraction of sp³-hybridized carbons (Fsp3) is 0.333. The molecular formula is C18H26N2O2Si2. The third kappa shape index (κ3) is 5.61. The molecule has 0 atom stereocenters. The molecule has 0 amide bonds. The number of rotatable bonds is 6. The van der Waals surface area contributed by atoms with Crippen molar-refractivity contribution in [3.05, 3.63) is 60.2 Å². The third-order valence-corrected chi connectivity index (χ3v) is 4.50. The van der Waals surface area contributed by atoms with Crippen molar-refractivity contribution >= 4 is 28.2 Å². The van der Waals surface area contributed by atoms with Crippen LogP contribution in [0, 0.1) is 0 Å². The van der Waals surface area contributed by atoms with E-state index in [4.69, 9.17) is 8.85 Å². The highest BCUT2D eigenvalue weighted by atomic mass is 28.4. The maximum absolute atomic E-state index is 6.43. The molecule has 2 rings (SSSR count). The van der Waals surface area contributed by atoms with Crippen molar-refractivity contribution in [2.24, 2.45) is 0 Å². The topological polar surface area (TPSA) is 44.2 Å². The van der Waals surface area contributed by atoms with Gasteiger partial charge in [0.25, 0.3) is 0 Å². The summed E-state index contributed by atoms with van der Waals surface area (Å²) >= 11 is 0. The van der Waals surface area contributed by atoms with E-state index in [0.29, 0.717) is 0 Å². The number of aromatic nitrogens is 2. The first-order valence-electron chi connectivity index (χ1n) is 8.09. The molecule has 0 saturated heterocycles. The van der Waals surface area contributed by atoms with Gasteiger partial charge in [0, 0.05) is 35.9 Å². The lowest BCUT2D eigenvalue weighted by Crippen LogP contribution is -2.28. The normalized spacial score (nSPS) is 13.2. The summed E-state index contributed by atoms with van der Waals surface area (Å²) in [5, 5.41) is 0. The van der Waals surface area contributed by atoms with Gasteiger partial charge in [-0.2, -0.15) is 0 Å². The van der Waals surface area contributed by atoms with Gasteiger partial charge in [-0.05, 0) is 63.5 Å². The lowest BCUT2D eigenvalue weighted by molar-refractivity contribution is 0.466. The maximum atomic E-state index is 6.43. The van der Waals surface area contributed by atoms with Gasteiger partial charge in [0.15, 0.2) is 11.5 Å². The Labute approximate surface area is 146 Å². The van der Waals surface area contributed by atoms with Gasteiger partial charge in [-0.3, -0.25) is 9.97 Å². The van der Waals surface area contributed by atoms with Crippen LogP contribution in [0.4, 0.5) is 0 Å². The first kappa shape index (κ1) is 18.4. The highest BCUT2D eigenvalue weighted by molar-refractivity contribution is 6.71. The Hall–Kier alpha value is -1.93. The minimum atomic E-state index is -1.84. The molecule has 0 aromatic carbocycles. The molecule has 2 aromatic rings. The van der Waals surface area contributed by atoms with Crippen LogP contribution in [0.25, 0.3) is 11.5 Å². The summed E-state index contributed by atoms with van der Waals surface area (Å²) in [4.78, 5) is 8.50. The van der Waals surface area contributed by atoms with E-state index < -0.39 is 16.6 Å². The van der Waals surface area contributed by atoms with Gasteiger partial charge in [-0.25, -0.2) is 0 Å². The second kappa shape index (κ2) is 7.31. The molecule has 2 aromatic heterocycles. The minimum Gasteiger partial charge on any atom is -0.541 e. The summed E-state index contributed by atoms with van der Waals surface area (Å²) < 4.78 is 12.9. The molecule has 0 saturated carbocycles. The Morgan fingerprint density at radius 2 is 1.08 bits per heavy atom. The summed E-state index contributed by atoms with van der Waals surface area (Å²) in [6, 6.07) is 7.84. The van der Waals surface area contributed by atoms with E-state index in [2.05, 4.69) is 49.3 Å². The van der Waals surface area contributed by atoms with Gasteiger partial charge in [0.05, 0.1) is 0 Å². The van der Waals surface area contributed by atoms with Crippen LogP contribution in [-0.4, -0.2) is 26.6 Å². The average Bonchev–Trinajstić information content (AvgIpc) is 2.50. The molecule has 0 aliphatic heterocycles. The molecule has 2 heterocycles. The van der Waals surface area contributed by atoms with Crippen molar-refractivity contribution in [3.63, 3.8) is 0 Å². The molecule has 24 heavy (non-hydrogen) atoms. The van der Waals surface area contributed by atoms with Crippen molar-refractivity contribution in [2.75, 3.05) is 0 Å². The van der Waals surface area contributed by atoms with Crippen molar-refractivity contribution in [2.45, 2.75) is 39.3 Å². The molecule has 0 unspecified atom stereocenters. The fourth-order valence-corrected chi connectivity index (χ4v) is 3.73. The highest BCUT2D eigenvalue weighted by Crippen LogP contribution is 2.32. The molecule has 6 heteroatoms. The molecule has 0 radical (unpaired) electrons. The van der Waals surface area contributed by atoms with Gasteiger partial charge < -0.3 is 8.85 Å². The summed E-state index contributed by atoms with van der Waals surface area (Å²) in [7, 11) is -3.69. The minimum absolute atomic E-state index is 0.762. The van der Waals surface area contributed by atoms with E-state index in [9.17, 15) is 0 Å². The van der Waals surface area contributed by atoms with Crippen LogP contribution in [0.5, 0.6) is 0 Å². The number of pyridine rings is 2. The van der Waals surface area contributed by atoms with E-state index >= 15 is 0 Å². The van der Waals surface area contributed by atoms with Crippen LogP contribution in [0.1, 0.15) is 11.1 Å². The maximum Gasteiger partial charge on any atom is 0.242 e. The van der Waals surface area contributed by atoms with Crippen molar-refractivity contribution in [3.8, 4) is 0 Å². The largest absolute Gasteiger partial charge is 0.541 e. The molecule has 4 nitrogen and oxygen atoms in total. The second-order valence-electron chi connectivity index (χ2n) is 7.57. The number of hydrogen-bond donors (Lipinski definition) is 0. The number of nitrogens with zero attached hydrogens (tertiary/aromatic N) is 2. The van der Waals surface area contributed by atoms with E-state index in [0.717, 1.165) is 22.6 Å². The standard InChI is InChI=1S/C18H26N2O2Si2/c1-23(2,3)21-17(15-9-7-11-19-13-15)18(22-24(4,5)6)16-10-8-12-20-14-16/h7-14H,1-6H3. The van der Waals surface area contributed by atoms with Crippen LogP contribution in [-0.2, 0) is 8.85 Å². The molecule has 0 N–H and O–H groups in total. The third-order valence-electron chi connectivity index (χ3n) is 2.87. The van der Waals surface area contributed by atoms with E-state index in [1.165, 1.54) is 0 Å². The Kier molecular flexibility index (Phi) is 5.61. The average molecular weight is 359 g/mol. The molecule has 0 fully saturated rings. The zero-order valence-electron chi connectivity index (χ0n) is 15.3. The van der Waals surface area contributed by atoms with Crippen molar-refractivity contribution in [1.82, 2.24) is 9.97 Å². The lowest BCUT2D eigenvalue weighted by atomic mass is 10.1. The number of hydrogen-bond acceptors (Lipinski definition) is 4. The SMILES string of the molecule is C[Si](C)(C)OC(=C(O[Si](C)(C)C)c1cccnc1)c1cccnc1. The van der Waals surface area contributed by atoms with E-state index in [1.54, 1.807) is 12.4 Å². The van der Waals surface area contributed by atoms with E-state index in [1.807, 2.05) is 36.7 Å². The monoisotopic (exact) mass is 358 g/mol. The lowest BCUT2D eigenvalue weighted by Gasteiger charge is -2.28. The Morgan fingerprint density at radius 3 is 1.33 bits per heavy atom. The Balaban J connectivity index is 2.67. The smallest absolute Gasteiger partial charge is 0.242 e. The van der Waals surface area contributed by atoms with Gasteiger partial charge in [-0.1, -0.05) is 0 Å². The molecule has 0 aliphatic carbocycles. The summed E-state index contributed by atoms with van der Waals surface area (Å²) in [6.45, 7) is 13.0. The highest BCUT2D eigenvalue weighted by Gasteiger charge is 2.27.